The molecule has 5 heteroatoms. The Bertz CT molecular complexity index is 402. The third-order valence-electron chi connectivity index (χ3n) is 1.62. The first-order chi connectivity index (χ1) is 7.00. The molecule has 0 amide bonds. The molecule has 0 aromatic heterocycles. The minimum absolute atomic E-state index is 0.0838. The summed E-state index contributed by atoms with van der Waals surface area (Å²) in [6, 6.07) is 4.56. The van der Waals surface area contributed by atoms with Crippen LogP contribution < -0.4 is 0 Å². The van der Waals surface area contributed by atoms with E-state index in [4.69, 9.17) is 16.7 Å². The molecule has 0 saturated carbocycles. The van der Waals surface area contributed by atoms with E-state index in [9.17, 15) is 4.79 Å². The van der Waals surface area contributed by atoms with Gasteiger partial charge in [0.05, 0.1) is 22.6 Å². The van der Waals surface area contributed by atoms with Gasteiger partial charge in [-0.15, -0.1) is 0 Å². The van der Waals surface area contributed by atoms with E-state index in [0.29, 0.717) is 5.69 Å². The van der Waals surface area contributed by atoms with Gasteiger partial charge < -0.3 is 10.0 Å². The van der Waals surface area contributed by atoms with E-state index in [1.165, 1.54) is 12.1 Å². The van der Waals surface area contributed by atoms with Gasteiger partial charge in [-0.25, -0.2) is 9.79 Å². The highest BCUT2D eigenvalue weighted by atomic mass is 35.5. The molecule has 0 radical (unpaired) electrons. The number of rotatable bonds is 3. The summed E-state index contributed by atoms with van der Waals surface area (Å²) < 4.78 is 0. The van der Waals surface area contributed by atoms with E-state index in [2.05, 4.69) is 4.99 Å². The lowest BCUT2D eigenvalue weighted by Crippen LogP contribution is -2.07. The second kappa shape index (κ2) is 4.79. The molecule has 1 aromatic rings. The van der Waals surface area contributed by atoms with Gasteiger partial charge in [-0.1, -0.05) is 11.6 Å². The Kier molecular flexibility index (Phi) is 3.68. The molecule has 0 aliphatic heterocycles. The highest BCUT2D eigenvalue weighted by Crippen LogP contribution is 2.22. The van der Waals surface area contributed by atoms with Crippen molar-refractivity contribution in [1.82, 2.24) is 4.90 Å². The summed E-state index contributed by atoms with van der Waals surface area (Å²) in [5, 5.41) is 8.93. The van der Waals surface area contributed by atoms with Crippen LogP contribution in [0.2, 0.25) is 5.02 Å². The molecule has 15 heavy (non-hydrogen) atoms. The summed E-state index contributed by atoms with van der Waals surface area (Å²) in [5.74, 6) is -1.04. The quantitative estimate of drug-likeness (QED) is 0.635. The fourth-order valence-corrected chi connectivity index (χ4v) is 1.20. The summed E-state index contributed by atoms with van der Waals surface area (Å²) in [5.41, 5.74) is 0.708. The van der Waals surface area contributed by atoms with Gasteiger partial charge in [-0.05, 0) is 18.2 Å². The summed E-state index contributed by atoms with van der Waals surface area (Å²) in [4.78, 5) is 16.5. The van der Waals surface area contributed by atoms with E-state index in [-0.39, 0.29) is 10.6 Å². The third kappa shape index (κ3) is 3.25. The van der Waals surface area contributed by atoms with Crippen LogP contribution >= 0.6 is 11.6 Å². The summed E-state index contributed by atoms with van der Waals surface area (Å²) in [6.07, 6.45) is 1.62. The number of aliphatic imine (C=N–C) groups is 1. The van der Waals surface area contributed by atoms with E-state index in [1.807, 2.05) is 14.1 Å². The highest BCUT2D eigenvalue weighted by Gasteiger charge is 2.07. The predicted molar refractivity (Wildman–Crippen MR) is 60.3 cm³/mol. The second-order valence-corrected chi connectivity index (χ2v) is 3.58. The molecule has 0 aliphatic rings. The fourth-order valence-electron chi connectivity index (χ4n) is 0.940. The Morgan fingerprint density at radius 2 is 2.20 bits per heavy atom. The molecule has 1 aromatic carbocycles. The van der Waals surface area contributed by atoms with Crippen LogP contribution in [-0.2, 0) is 0 Å². The largest absolute Gasteiger partial charge is 0.478 e. The summed E-state index contributed by atoms with van der Waals surface area (Å²) >= 11 is 5.77. The van der Waals surface area contributed by atoms with Crippen molar-refractivity contribution >= 4 is 29.6 Å². The number of nitrogens with zero attached hydrogens (tertiary/aromatic N) is 2. The van der Waals surface area contributed by atoms with Crippen LogP contribution in [0, 0.1) is 0 Å². The number of hydrogen-bond acceptors (Lipinski definition) is 2. The average molecular weight is 227 g/mol. The maximum atomic E-state index is 10.7. The van der Waals surface area contributed by atoms with Gasteiger partial charge >= 0.3 is 5.97 Å². The molecule has 0 saturated heterocycles. The first-order valence-electron chi connectivity index (χ1n) is 4.24. The summed E-state index contributed by atoms with van der Waals surface area (Å²) in [6.45, 7) is 0. The van der Waals surface area contributed by atoms with Crippen molar-refractivity contribution in [3.05, 3.63) is 28.8 Å². The molecule has 0 unspecified atom stereocenters. The first kappa shape index (κ1) is 11.5. The highest BCUT2D eigenvalue weighted by molar-refractivity contribution is 6.33. The molecule has 0 heterocycles. The molecular formula is C10H11ClN2O2. The van der Waals surface area contributed by atoms with E-state index in [1.54, 1.807) is 17.3 Å². The minimum atomic E-state index is -1.04. The van der Waals surface area contributed by atoms with Gasteiger partial charge in [0, 0.05) is 14.1 Å². The van der Waals surface area contributed by atoms with Crippen molar-refractivity contribution in [3.63, 3.8) is 0 Å². The van der Waals surface area contributed by atoms with Crippen molar-refractivity contribution in [2.24, 2.45) is 4.99 Å². The van der Waals surface area contributed by atoms with Gasteiger partial charge in [-0.2, -0.15) is 0 Å². The Hall–Kier alpha value is -1.55. The van der Waals surface area contributed by atoms with Crippen LogP contribution in [0.25, 0.3) is 0 Å². The second-order valence-electron chi connectivity index (χ2n) is 3.18. The van der Waals surface area contributed by atoms with Crippen LogP contribution in [0.15, 0.2) is 23.2 Å². The van der Waals surface area contributed by atoms with Crippen LogP contribution in [0.4, 0.5) is 5.69 Å². The number of benzene rings is 1. The zero-order valence-corrected chi connectivity index (χ0v) is 9.19. The Morgan fingerprint density at radius 1 is 1.53 bits per heavy atom. The minimum Gasteiger partial charge on any atom is -0.478 e. The molecule has 0 atom stereocenters. The molecule has 0 fully saturated rings. The molecule has 4 nitrogen and oxygen atoms in total. The van der Waals surface area contributed by atoms with Crippen LogP contribution in [-0.4, -0.2) is 36.4 Å². The molecule has 0 spiro atoms. The van der Waals surface area contributed by atoms with Crippen LogP contribution in [0.1, 0.15) is 10.4 Å². The molecule has 1 N–H and O–H groups in total. The first-order valence-corrected chi connectivity index (χ1v) is 4.62. The van der Waals surface area contributed by atoms with Crippen molar-refractivity contribution in [2.75, 3.05) is 14.1 Å². The predicted octanol–water partition coefficient (Wildman–Crippen LogP) is 2.26. The lowest BCUT2D eigenvalue weighted by Gasteiger charge is -2.03. The van der Waals surface area contributed by atoms with Crippen molar-refractivity contribution in [3.8, 4) is 0 Å². The maximum Gasteiger partial charge on any atom is 0.337 e. The monoisotopic (exact) mass is 226 g/mol. The lowest BCUT2D eigenvalue weighted by molar-refractivity contribution is 0.0697. The van der Waals surface area contributed by atoms with Gasteiger partial charge in [0.1, 0.15) is 0 Å². The number of carboxylic acid groups (broad SMARTS) is 1. The number of halogens is 1. The van der Waals surface area contributed by atoms with Crippen molar-refractivity contribution < 1.29 is 9.90 Å². The van der Waals surface area contributed by atoms with E-state index < -0.39 is 5.97 Å². The van der Waals surface area contributed by atoms with Crippen LogP contribution in [0.5, 0.6) is 0 Å². The maximum absolute atomic E-state index is 10.7. The van der Waals surface area contributed by atoms with Gasteiger partial charge in [0.2, 0.25) is 0 Å². The number of carbonyl (C=O) groups is 1. The average Bonchev–Trinajstić information content (AvgIpc) is 2.14. The normalized spacial score (nSPS) is 10.6. The summed E-state index contributed by atoms with van der Waals surface area (Å²) in [7, 11) is 3.69. The van der Waals surface area contributed by atoms with Crippen molar-refractivity contribution in [1.29, 1.82) is 0 Å². The van der Waals surface area contributed by atoms with Gasteiger partial charge in [-0.3, -0.25) is 0 Å². The van der Waals surface area contributed by atoms with Crippen molar-refractivity contribution in [2.45, 2.75) is 0 Å². The van der Waals surface area contributed by atoms with Gasteiger partial charge in [0.15, 0.2) is 0 Å². The molecule has 0 bridgehead atoms. The third-order valence-corrected chi connectivity index (χ3v) is 1.93. The Labute approximate surface area is 92.8 Å². The van der Waals surface area contributed by atoms with Gasteiger partial charge in [0.25, 0.3) is 0 Å². The SMILES string of the molecule is CN(C)C=Nc1ccc(C(=O)O)c(Cl)c1. The smallest absolute Gasteiger partial charge is 0.337 e. The van der Waals surface area contributed by atoms with E-state index in [0.717, 1.165) is 0 Å². The molecule has 1 rings (SSSR count). The Balaban J connectivity index is 2.97. The van der Waals surface area contributed by atoms with E-state index >= 15 is 0 Å². The fraction of sp³-hybridized carbons (Fsp3) is 0.200. The number of carboxylic acids is 1. The zero-order chi connectivity index (χ0) is 11.4. The molecular weight excluding hydrogens is 216 g/mol. The number of aromatic carboxylic acids is 1. The zero-order valence-electron chi connectivity index (χ0n) is 8.44. The van der Waals surface area contributed by atoms with Crippen LogP contribution in [0.3, 0.4) is 0 Å². The lowest BCUT2D eigenvalue weighted by atomic mass is 10.2. The molecule has 0 aliphatic carbocycles. The Morgan fingerprint density at radius 3 is 2.67 bits per heavy atom. The molecule has 80 valence electrons. The number of hydrogen-bond donors (Lipinski definition) is 1. The topological polar surface area (TPSA) is 52.9 Å². The standard InChI is InChI=1S/C10H11ClN2O2/c1-13(2)6-12-7-3-4-8(10(14)15)9(11)5-7/h3-6H,1-2H3,(H,14,15).